The molecule has 3 amide bonds. The Labute approximate surface area is 351 Å². The van der Waals surface area contributed by atoms with Crippen molar-refractivity contribution in [3.8, 4) is 0 Å². The molecule has 3 fully saturated rings. The molecule has 0 unspecified atom stereocenters. The van der Waals surface area contributed by atoms with Crippen molar-refractivity contribution in [3.05, 3.63) is 124 Å². The molecule has 0 aromatic heterocycles. The van der Waals surface area contributed by atoms with Gasteiger partial charge in [0, 0.05) is 40.0 Å². The average molecular weight is 834 g/mol. The third kappa shape index (κ3) is 6.59. The predicted octanol–water partition coefficient (Wildman–Crippen LogP) is 5.95. The van der Waals surface area contributed by atoms with Crippen LogP contribution in [0.1, 0.15) is 48.4 Å². The van der Waals surface area contributed by atoms with Gasteiger partial charge in [0.25, 0.3) is 11.8 Å². The third-order valence-electron chi connectivity index (χ3n) is 13.7. The van der Waals surface area contributed by atoms with Crippen LogP contribution in [0.3, 0.4) is 0 Å². The summed E-state index contributed by atoms with van der Waals surface area (Å²) in [5.41, 5.74) is 3.45. The fourth-order valence-corrected chi connectivity index (χ4v) is 13.6. The van der Waals surface area contributed by atoms with Crippen LogP contribution < -0.4 is 20.0 Å². The Balaban J connectivity index is 1.02. The van der Waals surface area contributed by atoms with E-state index in [9.17, 15) is 19.5 Å². The summed E-state index contributed by atoms with van der Waals surface area (Å²) in [6, 6.07) is 30.9. The number of aliphatic hydroxyl groups is 1. The molecule has 4 aromatic rings. The topological polar surface area (TPSA) is 126 Å². The van der Waals surface area contributed by atoms with E-state index in [1.54, 1.807) is 21.9 Å². The molecule has 3 N–H and O–H groups in total. The predicted molar refractivity (Wildman–Crippen MR) is 231 cm³/mol. The number of hydrogen-bond donors (Lipinski definition) is 3. The maximum Gasteiger partial charge on any atom is 0.264 e. The van der Waals surface area contributed by atoms with E-state index >= 15 is 4.79 Å². The fraction of sp³-hybridized carbons (Fsp3) is 0.413. The molecule has 5 aliphatic heterocycles. The van der Waals surface area contributed by atoms with E-state index in [0.717, 1.165) is 41.2 Å². The van der Waals surface area contributed by atoms with Gasteiger partial charge in [-0.2, -0.15) is 0 Å². The maximum absolute atomic E-state index is 15.2. The number of fused-ring (bicyclic) bond motifs is 3. The van der Waals surface area contributed by atoms with Gasteiger partial charge in [0.05, 0.1) is 44.1 Å². The van der Waals surface area contributed by atoms with Crippen LogP contribution in [0.4, 0.5) is 17.1 Å². The fourth-order valence-electron chi connectivity index (χ4n) is 10.9. The molecule has 5 aliphatic rings. The van der Waals surface area contributed by atoms with E-state index in [1.807, 2.05) is 97.7 Å². The zero-order valence-corrected chi connectivity index (χ0v) is 35.6. The summed E-state index contributed by atoms with van der Waals surface area (Å²) >= 11 is 6.68. The summed E-state index contributed by atoms with van der Waals surface area (Å²) in [7, 11) is -3.07. The van der Waals surface area contributed by atoms with Crippen molar-refractivity contribution >= 4 is 54.7 Å². The zero-order valence-electron chi connectivity index (χ0n) is 33.8. The number of piperidine rings is 1. The summed E-state index contributed by atoms with van der Waals surface area (Å²) in [6.07, 6.45) is 1.15. The molecule has 0 radical (unpaired) electrons. The number of halogens is 1. The average Bonchev–Trinajstić information content (AvgIpc) is 3.77. The number of hydrogen-bond acceptors (Lipinski definition) is 8. The first-order chi connectivity index (χ1) is 28.4. The quantitative estimate of drug-likeness (QED) is 0.186. The second-order valence-corrected chi connectivity index (χ2v) is 21.9. The zero-order chi connectivity index (χ0) is 41.3. The van der Waals surface area contributed by atoms with Crippen LogP contribution in [0, 0.1) is 5.92 Å². The molecule has 0 saturated carbocycles. The van der Waals surface area contributed by atoms with Gasteiger partial charge in [-0.3, -0.25) is 19.3 Å². The Morgan fingerprint density at radius 2 is 1.63 bits per heavy atom. The number of nitrogens with zero attached hydrogens (tertiary/aromatic N) is 4. The lowest BCUT2D eigenvalue weighted by Gasteiger charge is -2.39. The Kier molecular flexibility index (Phi) is 10.2. The van der Waals surface area contributed by atoms with Crippen LogP contribution in [0.5, 0.6) is 0 Å². The smallest absolute Gasteiger partial charge is 0.264 e. The molecule has 0 bridgehead atoms. The summed E-state index contributed by atoms with van der Waals surface area (Å²) in [5.74, 6) is -0.871. The van der Waals surface area contributed by atoms with E-state index in [2.05, 4.69) is 22.3 Å². The number of aliphatic hydroxyl groups excluding tert-OH is 1. The summed E-state index contributed by atoms with van der Waals surface area (Å²) in [6.45, 7) is 7.97. The van der Waals surface area contributed by atoms with Gasteiger partial charge in [0.1, 0.15) is 5.54 Å². The number of carbonyl (C=O) groups excluding carboxylic acids is 3. The summed E-state index contributed by atoms with van der Waals surface area (Å²) in [5, 5.41) is 14.2. The molecular weight excluding hydrogens is 782 g/mol. The number of carbonyl (C=O) groups is 3. The lowest BCUT2D eigenvalue weighted by molar-refractivity contribution is -0.151. The van der Waals surface area contributed by atoms with Crippen LogP contribution in [-0.4, -0.2) is 84.9 Å². The SMILES string of the molecule is C[C@H]1[C@H]([Si](C)(C)O)[C@@H](CC(=O)N2Cc3ccccc3C[C@H]2CO)O[C@]12C(=O)N(Cc1cccc(N3CN(c4ccccc4)C4(CCNCC4)C3=O)c1)c1ccc(Cl)cc12. The highest BCUT2D eigenvalue weighted by Crippen LogP contribution is 2.60. The van der Waals surface area contributed by atoms with E-state index in [4.69, 9.17) is 16.3 Å². The normalized spacial score (nSPS) is 26.3. The molecule has 308 valence electrons. The minimum absolute atomic E-state index is 0.0426. The Bertz CT molecular complexity index is 2280. The molecule has 2 spiro atoms. The van der Waals surface area contributed by atoms with E-state index in [-0.39, 0.29) is 43.3 Å². The minimum atomic E-state index is -3.07. The lowest BCUT2D eigenvalue weighted by atomic mass is 9.82. The number of ether oxygens (including phenoxy) is 1. The molecule has 4 aromatic carbocycles. The molecule has 0 aliphatic carbocycles. The number of para-hydroxylation sites is 1. The molecule has 59 heavy (non-hydrogen) atoms. The van der Waals surface area contributed by atoms with Crippen LogP contribution in [0.25, 0.3) is 0 Å². The highest BCUT2D eigenvalue weighted by atomic mass is 35.5. The first-order valence-electron chi connectivity index (χ1n) is 20.8. The molecule has 13 heteroatoms. The van der Waals surface area contributed by atoms with Crippen molar-refractivity contribution < 1.29 is 29.0 Å². The van der Waals surface area contributed by atoms with E-state index in [0.29, 0.717) is 48.7 Å². The molecule has 11 nitrogen and oxygen atoms in total. The number of nitrogens with one attached hydrogen (secondary N) is 1. The maximum atomic E-state index is 15.2. The number of anilines is 3. The van der Waals surface area contributed by atoms with Crippen molar-refractivity contribution in [2.75, 3.05) is 41.1 Å². The van der Waals surface area contributed by atoms with E-state index in [1.165, 1.54) is 0 Å². The lowest BCUT2D eigenvalue weighted by Crippen LogP contribution is -2.55. The molecule has 5 atom stereocenters. The van der Waals surface area contributed by atoms with Gasteiger partial charge < -0.3 is 34.7 Å². The van der Waals surface area contributed by atoms with Crippen molar-refractivity contribution in [2.24, 2.45) is 5.92 Å². The Hall–Kier alpha value is -4.56. The Morgan fingerprint density at radius 3 is 2.36 bits per heavy atom. The van der Waals surface area contributed by atoms with Crippen molar-refractivity contribution in [3.63, 3.8) is 0 Å². The van der Waals surface area contributed by atoms with E-state index < -0.39 is 37.0 Å². The van der Waals surface area contributed by atoms with Crippen molar-refractivity contribution in [1.29, 1.82) is 0 Å². The van der Waals surface area contributed by atoms with Gasteiger partial charge in [-0.25, -0.2) is 0 Å². The first-order valence-corrected chi connectivity index (χ1v) is 24.2. The highest BCUT2D eigenvalue weighted by Gasteiger charge is 2.66. The standard InChI is InChI=1S/C46H52ClN5O6Si/c1-30-42(59(2,3)57)40(25-41(54)49-27-33-12-8-7-11-32(33)23-37(49)28-53)58-46(30)38-24-34(47)16-17-39(38)50(44(46)56)26-31-10-9-15-36(22-31)51-29-52(35-13-5-4-6-14-35)45(43(51)55)18-20-48-21-19-45/h4-17,22,24,30,37,40,42,48,53,57H,18-21,23,25-29H2,1-3H3/t30-,37-,40+,42-,46+/m0/s1. The van der Waals surface area contributed by atoms with Crippen LogP contribution >= 0.6 is 11.6 Å². The molecular formula is C46H52ClN5O6Si. The van der Waals surface area contributed by atoms with Crippen LogP contribution in [0.15, 0.2) is 97.1 Å². The van der Waals surface area contributed by atoms with Gasteiger partial charge >= 0.3 is 0 Å². The largest absolute Gasteiger partial charge is 0.432 e. The number of amides is 3. The van der Waals surface area contributed by atoms with Crippen LogP contribution in [0.2, 0.25) is 23.7 Å². The van der Waals surface area contributed by atoms with Crippen molar-refractivity contribution in [2.45, 2.75) is 87.6 Å². The van der Waals surface area contributed by atoms with Gasteiger partial charge in [-0.1, -0.05) is 73.1 Å². The van der Waals surface area contributed by atoms with Gasteiger partial charge in [-0.05, 0) is 105 Å². The summed E-state index contributed by atoms with van der Waals surface area (Å²) < 4.78 is 7.01. The Morgan fingerprint density at radius 1 is 0.915 bits per heavy atom. The van der Waals surface area contributed by atoms with Crippen molar-refractivity contribution in [1.82, 2.24) is 10.2 Å². The molecule has 3 saturated heterocycles. The van der Waals surface area contributed by atoms with Gasteiger partial charge in [0.15, 0.2) is 13.9 Å². The second kappa shape index (κ2) is 15.2. The number of benzene rings is 4. The second-order valence-electron chi connectivity index (χ2n) is 17.5. The van der Waals surface area contributed by atoms with Gasteiger partial charge in [0.2, 0.25) is 5.91 Å². The van der Waals surface area contributed by atoms with Crippen LogP contribution in [-0.2, 0) is 44.2 Å². The van der Waals surface area contributed by atoms with Gasteiger partial charge in [-0.15, -0.1) is 0 Å². The number of rotatable bonds is 8. The molecule has 9 rings (SSSR count). The monoisotopic (exact) mass is 833 g/mol. The molecule has 5 heterocycles. The summed E-state index contributed by atoms with van der Waals surface area (Å²) in [4.78, 5) is 63.5. The highest BCUT2D eigenvalue weighted by molar-refractivity contribution is 6.71. The first kappa shape index (κ1) is 39.9. The minimum Gasteiger partial charge on any atom is -0.432 e. The third-order valence-corrected chi connectivity index (χ3v) is 16.5.